The van der Waals surface area contributed by atoms with Crippen molar-refractivity contribution >= 4 is 17.2 Å². The van der Waals surface area contributed by atoms with E-state index >= 15 is 0 Å². The normalized spacial score (nSPS) is 12.6. The Balaban J connectivity index is 4.10. The molecule has 0 unspecified atom stereocenters. The van der Waals surface area contributed by atoms with Crippen LogP contribution in [0.25, 0.3) is 0 Å². The van der Waals surface area contributed by atoms with E-state index in [4.69, 9.17) is 0 Å². The van der Waals surface area contributed by atoms with Crippen LogP contribution in [0.4, 0.5) is 8.39 Å². The van der Waals surface area contributed by atoms with Gasteiger partial charge in [0.05, 0.1) is 0 Å². The quantitative estimate of drug-likeness (QED) is 0.523. The highest BCUT2D eigenvalue weighted by atomic mass is 32.8. The van der Waals surface area contributed by atoms with E-state index in [1.165, 1.54) is 0 Å². The maximum Gasteiger partial charge on any atom is 0.385 e. The van der Waals surface area contributed by atoms with E-state index in [9.17, 15) is 16.8 Å². The maximum absolute atomic E-state index is 11.0. The summed E-state index contributed by atoms with van der Waals surface area (Å²) in [6, 6.07) is 0. The standard InChI is InChI=1S/CH3F2O2PS/c1-7(4,5)6(2)3/h1H3. The van der Waals surface area contributed by atoms with Gasteiger partial charge in [0.1, 0.15) is 0 Å². The Morgan fingerprint density at radius 2 is 1.57 bits per heavy atom. The molecule has 0 aliphatic heterocycles. The van der Waals surface area contributed by atoms with Crippen LogP contribution in [0, 0.1) is 0 Å². The van der Waals surface area contributed by atoms with Crippen molar-refractivity contribution in [2.45, 2.75) is 0 Å². The molecule has 0 aromatic rings. The fraction of sp³-hybridized carbons (Fsp3) is 1.00. The fourth-order valence-corrected chi connectivity index (χ4v) is 0. The molecule has 0 heterocycles. The van der Waals surface area contributed by atoms with E-state index in [0.29, 0.717) is 6.26 Å². The van der Waals surface area contributed by atoms with Gasteiger partial charge >= 0.3 is 7.74 Å². The average molecular weight is 148 g/mol. The summed E-state index contributed by atoms with van der Waals surface area (Å²) in [5.74, 6) is 0. The lowest BCUT2D eigenvalue weighted by Gasteiger charge is -1.86. The molecule has 0 aromatic heterocycles. The monoisotopic (exact) mass is 148 g/mol. The smallest absolute Gasteiger partial charge is 0.219 e. The maximum atomic E-state index is 11.0. The summed E-state index contributed by atoms with van der Waals surface area (Å²) in [5, 5.41) is 0. The van der Waals surface area contributed by atoms with Crippen LogP contribution < -0.4 is 0 Å². The van der Waals surface area contributed by atoms with Crippen LogP contribution in [0.1, 0.15) is 0 Å². The lowest BCUT2D eigenvalue weighted by Crippen LogP contribution is -1.83. The van der Waals surface area contributed by atoms with Crippen molar-refractivity contribution in [1.82, 2.24) is 0 Å². The zero-order chi connectivity index (χ0) is 6.08. The van der Waals surface area contributed by atoms with Gasteiger partial charge in [-0.2, -0.15) is 8.39 Å². The summed E-state index contributed by atoms with van der Waals surface area (Å²) in [5.41, 5.74) is 0. The Hall–Kier alpha value is 0.240. The largest absolute Gasteiger partial charge is 0.385 e. The van der Waals surface area contributed by atoms with E-state index < -0.39 is 17.2 Å². The summed E-state index contributed by atoms with van der Waals surface area (Å²) >= 11 is 0. The van der Waals surface area contributed by atoms with Gasteiger partial charge in [-0.1, -0.05) is 0 Å². The van der Waals surface area contributed by atoms with E-state index in [2.05, 4.69) is 0 Å². The fourth-order valence-electron chi connectivity index (χ4n) is 0. The second-order valence-corrected chi connectivity index (χ2v) is 5.62. The predicted molar refractivity (Wildman–Crippen MR) is 24.0 cm³/mol. The zero-order valence-electron chi connectivity index (χ0n) is 3.43. The van der Waals surface area contributed by atoms with Gasteiger partial charge in [0, 0.05) is 6.26 Å². The molecule has 0 atom stereocenters. The van der Waals surface area contributed by atoms with Gasteiger partial charge in [0.2, 0.25) is 9.46 Å². The van der Waals surface area contributed by atoms with E-state index in [-0.39, 0.29) is 0 Å². The van der Waals surface area contributed by atoms with Crippen LogP contribution in [0.2, 0.25) is 0 Å². The first-order valence-corrected chi connectivity index (χ1v) is 4.88. The van der Waals surface area contributed by atoms with Crippen LogP contribution >= 0.6 is 7.74 Å². The molecule has 6 heteroatoms. The molecule has 0 bridgehead atoms. The molecule has 0 rings (SSSR count). The van der Waals surface area contributed by atoms with Crippen molar-refractivity contribution in [3.8, 4) is 0 Å². The molecular formula is CH3F2O2PS. The van der Waals surface area contributed by atoms with E-state index in [1.807, 2.05) is 0 Å². The molecule has 0 aliphatic rings. The first-order chi connectivity index (χ1) is 2.94. The number of rotatable bonds is 1. The summed E-state index contributed by atoms with van der Waals surface area (Å²) in [6.07, 6.45) is 0.513. The minimum atomic E-state index is -4.01. The van der Waals surface area contributed by atoms with Crippen LogP contribution in [0.5, 0.6) is 0 Å². The highest BCUT2D eigenvalue weighted by Crippen LogP contribution is 2.44. The number of halogens is 2. The third-order valence-electron chi connectivity index (χ3n) is 0.251. The Kier molecular flexibility index (Phi) is 2.08. The minimum absolute atomic E-state index is 0.513. The average Bonchev–Trinajstić information content (AvgIpc) is 1.31. The van der Waals surface area contributed by atoms with Crippen LogP contribution in [-0.2, 0) is 9.46 Å². The highest BCUT2D eigenvalue weighted by Gasteiger charge is 2.18. The lowest BCUT2D eigenvalue weighted by molar-refractivity contribution is 0.607. The van der Waals surface area contributed by atoms with Crippen molar-refractivity contribution in [3.63, 3.8) is 0 Å². The Morgan fingerprint density at radius 1 is 1.43 bits per heavy atom. The SMILES string of the molecule is CS(=O)(=O)P(F)F. The van der Waals surface area contributed by atoms with Crippen LogP contribution in [-0.4, -0.2) is 14.7 Å². The molecule has 2 nitrogen and oxygen atoms in total. The third-order valence-corrected chi connectivity index (χ3v) is 2.26. The number of hydrogen-bond donors (Lipinski definition) is 0. The molecule has 0 fully saturated rings. The van der Waals surface area contributed by atoms with Crippen molar-refractivity contribution in [2.75, 3.05) is 6.26 Å². The molecule has 7 heavy (non-hydrogen) atoms. The van der Waals surface area contributed by atoms with Crippen molar-refractivity contribution in [1.29, 1.82) is 0 Å². The molecule has 0 saturated carbocycles. The first-order valence-electron chi connectivity index (χ1n) is 1.26. The Morgan fingerprint density at radius 3 is 1.57 bits per heavy atom. The molecular weight excluding hydrogens is 145 g/mol. The molecule has 0 saturated heterocycles. The zero-order valence-corrected chi connectivity index (χ0v) is 5.14. The van der Waals surface area contributed by atoms with E-state index in [1.54, 1.807) is 0 Å². The first kappa shape index (κ1) is 7.24. The van der Waals surface area contributed by atoms with Gasteiger partial charge in [0.15, 0.2) is 0 Å². The number of hydrogen-bond acceptors (Lipinski definition) is 2. The van der Waals surface area contributed by atoms with Gasteiger partial charge in [-0.3, -0.25) is 0 Å². The molecule has 0 amide bonds. The third kappa shape index (κ3) is 2.88. The summed E-state index contributed by atoms with van der Waals surface area (Å²) in [7, 11) is -7.78. The molecule has 0 radical (unpaired) electrons. The highest BCUT2D eigenvalue weighted by molar-refractivity contribution is 8.46. The summed E-state index contributed by atoms with van der Waals surface area (Å²) < 4.78 is 41.3. The van der Waals surface area contributed by atoms with Crippen LogP contribution in [0.3, 0.4) is 0 Å². The molecule has 0 aromatic carbocycles. The summed E-state index contributed by atoms with van der Waals surface area (Å²) in [6.45, 7) is 0. The van der Waals surface area contributed by atoms with E-state index in [0.717, 1.165) is 0 Å². The Labute approximate surface area is 41.2 Å². The predicted octanol–water partition coefficient (Wildman–Crippen LogP) is 1.20. The molecule has 44 valence electrons. The van der Waals surface area contributed by atoms with Gasteiger partial charge in [-0.25, -0.2) is 8.42 Å². The molecule has 0 aliphatic carbocycles. The van der Waals surface area contributed by atoms with Gasteiger partial charge < -0.3 is 0 Å². The Bertz CT molecular complexity index is 138. The molecule has 0 spiro atoms. The van der Waals surface area contributed by atoms with Crippen molar-refractivity contribution < 1.29 is 16.8 Å². The topological polar surface area (TPSA) is 34.1 Å². The lowest BCUT2D eigenvalue weighted by atomic mass is 12.0. The van der Waals surface area contributed by atoms with Gasteiger partial charge in [-0.05, 0) is 0 Å². The van der Waals surface area contributed by atoms with Gasteiger partial charge in [0.25, 0.3) is 0 Å². The van der Waals surface area contributed by atoms with Gasteiger partial charge in [-0.15, -0.1) is 0 Å². The molecule has 0 N–H and O–H groups in total. The second kappa shape index (κ2) is 2.01. The summed E-state index contributed by atoms with van der Waals surface area (Å²) in [4.78, 5) is 0. The van der Waals surface area contributed by atoms with Crippen LogP contribution in [0.15, 0.2) is 0 Å². The van der Waals surface area contributed by atoms with Crippen molar-refractivity contribution in [2.24, 2.45) is 0 Å². The minimum Gasteiger partial charge on any atom is -0.219 e. The second-order valence-electron chi connectivity index (χ2n) is 0.935. The van der Waals surface area contributed by atoms with Crippen molar-refractivity contribution in [3.05, 3.63) is 0 Å².